The van der Waals surface area contributed by atoms with Crippen LogP contribution in [0.3, 0.4) is 0 Å². The number of fused-ring (bicyclic) bond motifs is 1. The molecule has 0 bridgehead atoms. The topological polar surface area (TPSA) is 36.1 Å². The molecule has 0 aliphatic heterocycles. The predicted octanol–water partition coefficient (Wildman–Crippen LogP) is 2.81. The van der Waals surface area contributed by atoms with Gasteiger partial charge in [0.05, 0.1) is 5.56 Å². The summed E-state index contributed by atoms with van der Waals surface area (Å²) in [4.78, 5) is 16.2. The highest BCUT2D eigenvalue weighted by atomic mass is 79.9. The number of carbonyl (C=O) groups excluding carboxylic acids is 1. The molecule has 1 aromatic heterocycles. The van der Waals surface area contributed by atoms with E-state index in [0.717, 1.165) is 27.5 Å². The first kappa shape index (κ1) is 10.2. The van der Waals surface area contributed by atoms with Gasteiger partial charge in [-0.2, -0.15) is 0 Å². The van der Waals surface area contributed by atoms with Crippen molar-refractivity contribution in [3.05, 3.63) is 28.2 Å². The van der Waals surface area contributed by atoms with Crippen LogP contribution < -0.4 is 4.90 Å². The Bertz CT molecular complexity index is 517. The average molecular weight is 267 g/mol. The van der Waals surface area contributed by atoms with Gasteiger partial charge < -0.3 is 9.88 Å². The smallest absolute Gasteiger partial charge is 0.154 e. The second kappa shape index (κ2) is 3.70. The summed E-state index contributed by atoms with van der Waals surface area (Å²) >= 11 is 3.40. The Morgan fingerprint density at radius 2 is 2.13 bits per heavy atom. The summed E-state index contributed by atoms with van der Waals surface area (Å²) in [6.45, 7) is 0. The zero-order chi connectivity index (χ0) is 11.0. The monoisotopic (exact) mass is 266 g/mol. The fourth-order valence-electron chi connectivity index (χ4n) is 1.64. The molecule has 3 nitrogen and oxygen atoms in total. The Kier molecular flexibility index (Phi) is 2.52. The zero-order valence-electron chi connectivity index (χ0n) is 8.54. The highest BCUT2D eigenvalue weighted by molar-refractivity contribution is 9.10. The van der Waals surface area contributed by atoms with Gasteiger partial charge in [-0.1, -0.05) is 15.9 Å². The number of carbonyl (C=O) groups is 1. The number of hydrogen-bond acceptors (Lipinski definition) is 2. The van der Waals surface area contributed by atoms with Crippen LogP contribution in [0.4, 0.5) is 5.82 Å². The predicted molar refractivity (Wildman–Crippen MR) is 65.7 cm³/mol. The summed E-state index contributed by atoms with van der Waals surface area (Å²) in [6, 6.07) is 5.86. The number of H-pyrrole nitrogens is 1. The van der Waals surface area contributed by atoms with Gasteiger partial charge in [0.15, 0.2) is 6.29 Å². The van der Waals surface area contributed by atoms with Crippen LogP contribution in [-0.4, -0.2) is 25.4 Å². The van der Waals surface area contributed by atoms with Gasteiger partial charge in [0.2, 0.25) is 0 Å². The van der Waals surface area contributed by atoms with Gasteiger partial charge in [0.1, 0.15) is 5.82 Å². The number of rotatable bonds is 2. The van der Waals surface area contributed by atoms with Crippen molar-refractivity contribution in [1.82, 2.24) is 4.98 Å². The number of halogens is 1. The molecule has 1 heterocycles. The molecular weight excluding hydrogens is 256 g/mol. The molecule has 0 atom stereocenters. The Hall–Kier alpha value is -1.29. The standard InChI is InChI=1S/C11H11BrN2O/c1-14(2)11-9(6-15)8-5-7(12)3-4-10(8)13-11/h3-6,13H,1-2H3. The summed E-state index contributed by atoms with van der Waals surface area (Å²) in [5.74, 6) is 0.845. The lowest BCUT2D eigenvalue weighted by molar-refractivity contribution is 0.112. The maximum absolute atomic E-state index is 11.1. The van der Waals surface area contributed by atoms with Crippen molar-refractivity contribution in [1.29, 1.82) is 0 Å². The minimum Gasteiger partial charge on any atom is -0.364 e. The minimum absolute atomic E-state index is 0.705. The summed E-state index contributed by atoms with van der Waals surface area (Å²) in [6.07, 6.45) is 0.889. The van der Waals surface area contributed by atoms with E-state index in [0.29, 0.717) is 5.56 Å². The SMILES string of the molecule is CN(C)c1[nH]c2ccc(Br)cc2c1C=O. The van der Waals surface area contributed by atoms with Gasteiger partial charge >= 0.3 is 0 Å². The van der Waals surface area contributed by atoms with Gasteiger partial charge in [-0.05, 0) is 18.2 Å². The van der Waals surface area contributed by atoms with Gasteiger partial charge in [-0.25, -0.2) is 0 Å². The van der Waals surface area contributed by atoms with Crippen molar-refractivity contribution in [2.75, 3.05) is 19.0 Å². The number of benzene rings is 1. The summed E-state index contributed by atoms with van der Waals surface area (Å²) in [7, 11) is 3.82. The Balaban J connectivity index is 2.79. The molecule has 2 rings (SSSR count). The lowest BCUT2D eigenvalue weighted by atomic mass is 10.2. The van der Waals surface area contributed by atoms with Crippen molar-refractivity contribution in [2.45, 2.75) is 0 Å². The lowest BCUT2D eigenvalue weighted by Gasteiger charge is -2.09. The maximum Gasteiger partial charge on any atom is 0.154 e. The molecule has 1 aromatic carbocycles. The van der Waals surface area contributed by atoms with E-state index >= 15 is 0 Å². The molecule has 0 fully saturated rings. The normalized spacial score (nSPS) is 10.6. The minimum atomic E-state index is 0.705. The van der Waals surface area contributed by atoms with E-state index in [-0.39, 0.29) is 0 Å². The summed E-state index contributed by atoms with van der Waals surface area (Å²) < 4.78 is 0.974. The van der Waals surface area contributed by atoms with Gasteiger partial charge in [0, 0.05) is 29.5 Å². The first-order chi connectivity index (χ1) is 7.13. The van der Waals surface area contributed by atoms with E-state index in [1.54, 1.807) is 0 Å². The highest BCUT2D eigenvalue weighted by Gasteiger charge is 2.12. The second-order valence-electron chi connectivity index (χ2n) is 3.59. The molecule has 0 amide bonds. The number of nitrogens with one attached hydrogen (secondary N) is 1. The third-order valence-corrected chi connectivity index (χ3v) is 2.84. The number of anilines is 1. The van der Waals surface area contributed by atoms with Crippen LogP contribution in [0.25, 0.3) is 10.9 Å². The van der Waals surface area contributed by atoms with E-state index in [4.69, 9.17) is 0 Å². The van der Waals surface area contributed by atoms with E-state index in [9.17, 15) is 4.79 Å². The van der Waals surface area contributed by atoms with Crippen LogP contribution in [0.15, 0.2) is 22.7 Å². The maximum atomic E-state index is 11.1. The molecule has 1 N–H and O–H groups in total. The second-order valence-corrected chi connectivity index (χ2v) is 4.51. The molecule has 15 heavy (non-hydrogen) atoms. The van der Waals surface area contributed by atoms with Crippen molar-refractivity contribution in [3.63, 3.8) is 0 Å². The van der Waals surface area contributed by atoms with Crippen molar-refractivity contribution < 1.29 is 4.79 Å². The highest BCUT2D eigenvalue weighted by Crippen LogP contribution is 2.28. The van der Waals surface area contributed by atoms with Crippen LogP contribution in [-0.2, 0) is 0 Å². The third-order valence-electron chi connectivity index (χ3n) is 2.35. The molecular formula is C11H11BrN2O. The van der Waals surface area contributed by atoms with Gasteiger partial charge in [-0.3, -0.25) is 4.79 Å². The molecule has 0 aliphatic rings. The van der Waals surface area contributed by atoms with Crippen LogP contribution in [0.1, 0.15) is 10.4 Å². The first-order valence-corrected chi connectivity index (χ1v) is 5.36. The molecule has 0 saturated heterocycles. The number of aromatic nitrogens is 1. The largest absolute Gasteiger partial charge is 0.364 e. The fourth-order valence-corrected chi connectivity index (χ4v) is 2.00. The van der Waals surface area contributed by atoms with Crippen molar-refractivity contribution in [2.24, 2.45) is 0 Å². The Morgan fingerprint density at radius 3 is 2.73 bits per heavy atom. The summed E-state index contributed by atoms with van der Waals surface area (Å²) in [5.41, 5.74) is 1.68. The quantitative estimate of drug-likeness (QED) is 0.849. The van der Waals surface area contributed by atoms with E-state index in [1.807, 2.05) is 37.2 Å². The van der Waals surface area contributed by atoms with Crippen LogP contribution in [0.5, 0.6) is 0 Å². The molecule has 4 heteroatoms. The third kappa shape index (κ3) is 1.65. The number of hydrogen-bond donors (Lipinski definition) is 1. The van der Waals surface area contributed by atoms with Crippen LogP contribution in [0.2, 0.25) is 0 Å². The van der Waals surface area contributed by atoms with Crippen molar-refractivity contribution in [3.8, 4) is 0 Å². The molecule has 2 aromatic rings. The molecule has 78 valence electrons. The number of aldehydes is 1. The van der Waals surface area contributed by atoms with Gasteiger partial charge in [0.25, 0.3) is 0 Å². The molecule has 0 radical (unpaired) electrons. The molecule has 0 saturated carbocycles. The number of nitrogens with zero attached hydrogens (tertiary/aromatic N) is 1. The lowest BCUT2D eigenvalue weighted by Crippen LogP contribution is -2.10. The molecule has 0 unspecified atom stereocenters. The van der Waals surface area contributed by atoms with Crippen LogP contribution in [0, 0.1) is 0 Å². The average Bonchev–Trinajstić information content (AvgIpc) is 2.55. The number of aromatic amines is 1. The molecule has 0 spiro atoms. The first-order valence-electron chi connectivity index (χ1n) is 4.57. The van der Waals surface area contributed by atoms with E-state index in [2.05, 4.69) is 20.9 Å². The zero-order valence-corrected chi connectivity index (χ0v) is 10.1. The Morgan fingerprint density at radius 1 is 1.40 bits per heavy atom. The fraction of sp³-hybridized carbons (Fsp3) is 0.182. The van der Waals surface area contributed by atoms with E-state index < -0.39 is 0 Å². The van der Waals surface area contributed by atoms with Crippen molar-refractivity contribution >= 4 is 38.9 Å². The Labute approximate surface area is 96.2 Å². The van der Waals surface area contributed by atoms with Gasteiger partial charge in [-0.15, -0.1) is 0 Å². The molecule has 0 aliphatic carbocycles. The van der Waals surface area contributed by atoms with Crippen LogP contribution >= 0.6 is 15.9 Å². The van der Waals surface area contributed by atoms with E-state index in [1.165, 1.54) is 0 Å². The summed E-state index contributed by atoms with van der Waals surface area (Å²) in [5, 5.41) is 0.947.